The van der Waals surface area contributed by atoms with Crippen molar-refractivity contribution in [3.05, 3.63) is 51.7 Å². The van der Waals surface area contributed by atoms with Gasteiger partial charge in [0.2, 0.25) is 0 Å². The number of nitrogens with one attached hydrogen (secondary N) is 1. The minimum absolute atomic E-state index is 0.623. The average molecular weight is 305 g/mol. The van der Waals surface area contributed by atoms with Gasteiger partial charge in [-0.2, -0.15) is 0 Å². The highest BCUT2D eigenvalue weighted by molar-refractivity contribution is 7.12. The van der Waals surface area contributed by atoms with Crippen molar-refractivity contribution in [3.63, 3.8) is 0 Å². The molecule has 0 aliphatic carbocycles. The molecule has 0 fully saturated rings. The van der Waals surface area contributed by atoms with E-state index in [1.165, 1.54) is 15.3 Å². The fraction of sp³-hybridized carbons (Fsp3) is 0.412. The van der Waals surface area contributed by atoms with Crippen LogP contribution in [-0.2, 0) is 29.0 Å². The zero-order chi connectivity index (χ0) is 14.9. The SMILES string of the molecule is CCc1ccc(CNc2cccc(COCCOC)c2)s1. The summed E-state index contributed by atoms with van der Waals surface area (Å²) in [6.07, 6.45) is 1.11. The van der Waals surface area contributed by atoms with Crippen LogP contribution in [0.5, 0.6) is 0 Å². The summed E-state index contributed by atoms with van der Waals surface area (Å²) in [6, 6.07) is 12.8. The maximum absolute atomic E-state index is 5.55. The second-order valence-electron chi connectivity index (χ2n) is 4.82. The molecule has 2 aromatic rings. The number of benzene rings is 1. The monoisotopic (exact) mass is 305 g/mol. The van der Waals surface area contributed by atoms with Crippen molar-refractivity contribution >= 4 is 17.0 Å². The van der Waals surface area contributed by atoms with Gasteiger partial charge in [-0.25, -0.2) is 0 Å². The van der Waals surface area contributed by atoms with E-state index in [2.05, 4.69) is 48.6 Å². The van der Waals surface area contributed by atoms with E-state index < -0.39 is 0 Å². The van der Waals surface area contributed by atoms with Crippen LogP contribution >= 0.6 is 11.3 Å². The Morgan fingerprint density at radius 1 is 1.10 bits per heavy atom. The van der Waals surface area contributed by atoms with Crippen LogP contribution in [0.15, 0.2) is 36.4 Å². The first-order valence-electron chi connectivity index (χ1n) is 7.29. The molecule has 21 heavy (non-hydrogen) atoms. The Labute approximate surface area is 130 Å². The van der Waals surface area contributed by atoms with Crippen molar-refractivity contribution in [2.24, 2.45) is 0 Å². The molecule has 1 N–H and O–H groups in total. The average Bonchev–Trinajstić information content (AvgIpc) is 2.98. The molecular weight excluding hydrogens is 282 g/mol. The topological polar surface area (TPSA) is 30.5 Å². The van der Waals surface area contributed by atoms with Gasteiger partial charge in [-0.1, -0.05) is 19.1 Å². The molecule has 3 nitrogen and oxygen atoms in total. The minimum Gasteiger partial charge on any atom is -0.382 e. The molecular formula is C17H23NO2S. The van der Waals surface area contributed by atoms with Crippen molar-refractivity contribution in [2.75, 3.05) is 25.6 Å². The molecule has 0 saturated carbocycles. The summed E-state index contributed by atoms with van der Waals surface area (Å²) >= 11 is 1.87. The van der Waals surface area contributed by atoms with Crippen LogP contribution in [0.1, 0.15) is 22.2 Å². The van der Waals surface area contributed by atoms with Crippen LogP contribution in [0.3, 0.4) is 0 Å². The number of hydrogen-bond acceptors (Lipinski definition) is 4. The second-order valence-corrected chi connectivity index (χ2v) is 6.07. The van der Waals surface area contributed by atoms with E-state index >= 15 is 0 Å². The van der Waals surface area contributed by atoms with E-state index in [-0.39, 0.29) is 0 Å². The molecule has 1 heterocycles. The first kappa shape index (κ1) is 16.0. The summed E-state index contributed by atoms with van der Waals surface area (Å²) in [5.74, 6) is 0. The molecule has 1 aromatic heterocycles. The Balaban J connectivity index is 1.82. The Bertz CT molecular complexity index is 539. The van der Waals surface area contributed by atoms with E-state index in [4.69, 9.17) is 9.47 Å². The summed E-state index contributed by atoms with van der Waals surface area (Å²) in [7, 11) is 1.68. The third kappa shape index (κ3) is 5.50. The van der Waals surface area contributed by atoms with Gasteiger partial charge in [0.15, 0.2) is 0 Å². The smallest absolute Gasteiger partial charge is 0.0718 e. The van der Waals surface area contributed by atoms with E-state index in [0.29, 0.717) is 19.8 Å². The van der Waals surface area contributed by atoms with Crippen LogP contribution < -0.4 is 5.32 Å². The molecule has 0 amide bonds. The molecule has 114 valence electrons. The molecule has 0 spiro atoms. The van der Waals surface area contributed by atoms with Gasteiger partial charge in [0, 0.05) is 29.1 Å². The van der Waals surface area contributed by atoms with E-state index in [0.717, 1.165) is 18.7 Å². The first-order valence-corrected chi connectivity index (χ1v) is 8.10. The van der Waals surface area contributed by atoms with Crippen molar-refractivity contribution in [2.45, 2.75) is 26.5 Å². The fourth-order valence-electron chi connectivity index (χ4n) is 2.00. The normalized spacial score (nSPS) is 10.8. The first-order chi connectivity index (χ1) is 10.3. The molecule has 0 bridgehead atoms. The van der Waals surface area contributed by atoms with Crippen LogP contribution in [0.4, 0.5) is 5.69 Å². The molecule has 0 atom stereocenters. The van der Waals surface area contributed by atoms with Gasteiger partial charge in [0.25, 0.3) is 0 Å². The maximum Gasteiger partial charge on any atom is 0.0718 e. The highest BCUT2D eigenvalue weighted by atomic mass is 32.1. The Morgan fingerprint density at radius 2 is 1.95 bits per heavy atom. The lowest BCUT2D eigenvalue weighted by Crippen LogP contribution is -2.02. The summed E-state index contributed by atoms with van der Waals surface area (Å²) in [4.78, 5) is 2.81. The summed E-state index contributed by atoms with van der Waals surface area (Å²) in [5, 5.41) is 3.47. The van der Waals surface area contributed by atoms with Crippen molar-refractivity contribution in [3.8, 4) is 0 Å². The second kappa shape index (κ2) is 8.82. The standard InChI is InChI=1S/C17H23NO2S/c1-3-16-7-8-17(21-16)12-18-15-6-4-5-14(11-15)13-20-10-9-19-2/h4-8,11,18H,3,9-10,12-13H2,1-2H3. The molecule has 0 radical (unpaired) electrons. The number of aryl methyl sites for hydroxylation is 1. The Hall–Kier alpha value is -1.36. The van der Waals surface area contributed by atoms with Crippen molar-refractivity contribution in [1.29, 1.82) is 0 Å². The molecule has 0 unspecified atom stereocenters. The highest BCUT2D eigenvalue weighted by Crippen LogP contribution is 2.19. The minimum atomic E-state index is 0.623. The summed E-state index contributed by atoms with van der Waals surface area (Å²) in [6.45, 7) is 4.95. The lowest BCUT2D eigenvalue weighted by Gasteiger charge is -2.08. The van der Waals surface area contributed by atoms with Crippen molar-refractivity contribution < 1.29 is 9.47 Å². The summed E-state index contributed by atoms with van der Waals surface area (Å²) in [5.41, 5.74) is 2.31. The molecule has 0 aliphatic rings. The highest BCUT2D eigenvalue weighted by Gasteiger charge is 2.00. The summed E-state index contributed by atoms with van der Waals surface area (Å²) < 4.78 is 10.5. The molecule has 0 saturated heterocycles. The van der Waals surface area contributed by atoms with Gasteiger partial charge in [-0.15, -0.1) is 11.3 Å². The van der Waals surface area contributed by atoms with Gasteiger partial charge in [-0.3, -0.25) is 0 Å². The van der Waals surface area contributed by atoms with E-state index in [1.807, 2.05) is 11.3 Å². The molecule has 4 heteroatoms. The van der Waals surface area contributed by atoms with Crippen LogP contribution in [0.25, 0.3) is 0 Å². The molecule has 2 rings (SSSR count). The number of rotatable bonds is 9. The predicted molar refractivity (Wildman–Crippen MR) is 89.0 cm³/mol. The third-order valence-corrected chi connectivity index (χ3v) is 4.39. The quantitative estimate of drug-likeness (QED) is 0.708. The fourth-order valence-corrected chi connectivity index (χ4v) is 2.90. The van der Waals surface area contributed by atoms with Gasteiger partial charge in [0.05, 0.1) is 19.8 Å². The Morgan fingerprint density at radius 3 is 2.71 bits per heavy atom. The molecule has 0 aliphatic heterocycles. The number of hydrogen-bond donors (Lipinski definition) is 1. The number of thiophene rings is 1. The van der Waals surface area contributed by atoms with Crippen LogP contribution in [-0.4, -0.2) is 20.3 Å². The van der Waals surface area contributed by atoms with Crippen LogP contribution in [0, 0.1) is 0 Å². The van der Waals surface area contributed by atoms with Gasteiger partial charge in [0.1, 0.15) is 0 Å². The third-order valence-electron chi connectivity index (χ3n) is 3.16. The number of methoxy groups -OCH3 is 1. The van der Waals surface area contributed by atoms with Crippen LogP contribution in [0.2, 0.25) is 0 Å². The zero-order valence-electron chi connectivity index (χ0n) is 12.7. The predicted octanol–water partition coefficient (Wildman–Crippen LogP) is 4.09. The van der Waals surface area contributed by atoms with Gasteiger partial charge >= 0.3 is 0 Å². The zero-order valence-corrected chi connectivity index (χ0v) is 13.5. The maximum atomic E-state index is 5.55. The largest absolute Gasteiger partial charge is 0.382 e. The Kier molecular flexibility index (Phi) is 6.73. The lowest BCUT2D eigenvalue weighted by molar-refractivity contribution is 0.0617. The van der Waals surface area contributed by atoms with Gasteiger partial charge in [-0.05, 0) is 36.2 Å². The van der Waals surface area contributed by atoms with Crippen molar-refractivity contribution in [1.82, 2.24) is 0 Å². The number of anilines is 1. The lowest BCUT2D eigenvalue weighted by atomic mass is 10.2. The van der Waals surface area contributed by atoms with E-state index in [9.17, 15) is 0 Å². The van der Waals surface area contributed by atoms with Gasteiger partial charge < -0.3 is 14.8 Å². The molecule has 1 aromatic carbocycles. The number of ether oxygens (including phenoxy) is 2. The van der Waals surface area contributed by atoms with E-state index in [1.54, 1.807) is 7.11 Å².